The Labute approximate surface area is 213 Å². The number of nitrogens with one attached hydrogen (secondary N) is 2. The topological polar surface area (TPSA) is 95.5 Å². The number of carbonyl (C=O) groups excluding carboxylic acids is 2. The summed E-state index contributed by atoms with van der Waals surface area (Å²) in [6, 6.07) is 18.2. The SMILES string of the molecule is O=C(O)CCC(=O)Nc1ccc(SC(C(=O)Nc2ccc(Cl)cc2C(F)(F)F)c2ccccc2)cc1. The van der Waals surface area contributed by atoms with Crippen LogP contribution >= 0.6 is 23.4 Å². The van der Waals surface area contributed by atoms with Crippen molar-refractivity contribution in [3.63, 3.8) is 0 Å². The Balaban J connectivity index is 1.80. The molecule has 0 heterocycles. The van der Waals surface area contributed by atoms with Crippen LogP contribution in [0.5, 0.6) is 0 Å². The van der Waals surface area contributed by atoms with Gasteiger partial charge >= 0.3 is 12.1 Å². The van der Waals surface area contributed by atoms with E-state index in [1.54, 1.807) is 54.6 Å². The number of alkyl halides is 3. The largest absolute Gasteiger partial charge is 0.481 e. The second kappa shape index (κ2) is 12.0. The van der Waals surface area contributed by atoms with Crippen molar-refractivity contribution in [1.82, 2.24) is 0 Å². The van der Waals surface area contributed by atoms with Gasteiger partial charge in [-0.2, -0.15) is 13.2 Å². The molecule has 0 saturated heterocycles. The molecule has 1 atom stereocenters. The molecule has 0 spiro atoms. The molecule has 0 aliphatic carbocycles. The molecule has 0 aromatic heterocycles. The van der Waals surface area contributed by atoms with Crippen LogP contribution in [0.1, 0.15) is 29.2 Å². The van der Waals surface area contributed by atoms with Crippen molar-refractivity contribution in [2.45, 2.75) is 29.2 Å². The minimum absolute atomic E-state index is 0.107. The van der Waals surface area contributed by atoms with Gasteiger partial charge in [-0.3, -0.25) is 14.4 Å². The second-order valence-electron chi connectivity index (χ2n) is 7.55. The summed E-state index contributed by atoms with van der Waals surface area (Å²) in [5, 5.41) is 12.6. The highest BCUT2D eigenvalue weighted by molar-refractivity contribution is 8.00. The van der Waals surface area contributed by atoms with Gasteiger partial charge in [0.05, 0.1) is 17.7 Å². The molecule has 0 radical (unpaired) electrons. The molecular weight excluding hydrogens is 517 g/mol. The number of benzene rings is 3. The van der Waals surface area contributed by atoms with Crippen LogP contribution in [0, 0.1) is 0 Å². The van der Waals surface area contributed by atoms with E-state index in [0.717, 1.165) is 23.9 Å². The first kappa shape index (κ1) is 27.1. The number of hydrogen-bond acceptors (Lipinski definition) is 4. The van der Waals surface area contributed by atoms with E-state index >= 15 is 0 Å². The molecule has 11 heteroatoms. The van der Waals surface area contributed by atoms with Gasteiger partial charge in [-0.25, -0.2) is 0 Å². The highest BCUT2D eigenvalue weighted by Crippen LogP contribution is 2.40. The summed E-state index contributed by atoms with van der Waals surface area (Å²) in [6.07, 6.45) is -5.18. The number of halogens is 4. The van der Waals surface area contributed by atoms with Gasteiger partial charge in [0.15, 0.2) is 0 Å². The van der Waals surface area contributed by atoms with E-state index in [1.165, 1.54) is 6.07 Å². The molecule has 3 aromatic carbocycles. The van der Waals surface area contributed by atoms with Crippen LogP contribution in [-0.4, -0.2) is 22.9 Å². The van der Waals surface area contributed by atoms with E-state index in [-0.39, 0.29) is 17.9 Å². The molecule has 3 aromatic rings. The lowest BCUT2D eigenvalue weighted by molar-refractivity contribution is -0.138. The summed E-state index contributed by atoms with van der Waals surface area (Å²) in [4.78, 5) is 36.2. The molecular formula is C25H20ClF3N2O4S. The third-order valence-electron chi connectivity index (χ3n) is 4.84. The van der Waals surface area contributed by atoms with E-state index in [1.807, 2.05) is 0 Å². The van der Waals surface area contributed by atoms with Crippen LogP contribution in [0.25, 0.3) is 0 Å². The first-order valence-electron chi connectivity index (χ1n) is 10.5. The number of aliphatic carboxylic acids is 1. The Kier molecular flexibility index (Phi) is 9.00. The molecule has 0 aliphatic heterocycles. The molecule has 6 nitrogen and oxygen atoms in total. The lowest BCUT2D eigenvalue weighted by atomic mass is 10.1. The zero-order valence-corrected chi connectivity index (χ0v) is 20.1. The number of carbonyl (C=O) groups is 3. The summed E-state index contributed by atoms with van der Waals surface area (Å²) < 4.78 is 40.5. The highest BCUT2D eigenvalue weighted by Gasteiger charge is 2.35. The van der Waals surface area contributed by atoms with Crippen LogP contribution in [0.4, 0.5) is 24.5 Å². The minimum atomic E-state index is -4.71. The number of anilines is 2. The third-order valence-corrected chi connectivity index (χ3v) is 6.34. The van der Waals surface area contributed by atoms with E-state index in [4.69, 9.17) is 16.7 Å². The first-order valence-corrected chi connectivity index (χ1v) is 11.8. The Hall–Kier alpha value is -3.50. The van der Waals surface area contributed by atoms with Gasteiger partial charge in [0, 0.05) is 22.0 Å². The third kappa shape index (κ3) is 7.76. The zero-order chi connectivity index (χ0) is 26.3. The Morgan fingerprint density at radius 2 is 1.58 bits per heavy atom. The maximum Gasteiger partial charge on any atom is 0.418 e. The summed E-state index contributed by atoms with van der Waals surface area (Å²) in [5.41, 5.74) is -0.444. The van der Waals surface area contributed by atoms with Gasteiger partial charge in [0.1, 0.15) is 5.25 Å². The van der Waals surface area contributed by atoms with E-state index in [0.29, 0.717) is 16.1 Å². The summed E-state index contributed by atoms with van der Waals surface area (Å²) in [7, 11) is 0. The first-order chi connectivity index (χ1) is 17.0. The predicted octanol–water partition coefficient (Wildman–Crippen LogP) is 6.63. The van der Waals surface area contributed by atoms with Crippen molar-refractivity contribution >= 4 is 52.5 Å². The quantitative estimate of drug-likeness (QED) is 0.267. The standard InChI is InChI=1S/C25H20ClF3N2O4S/c26-16-6-11-20(19(14-16)25(27,28)29)31-24(35)23(15-4-2-1-3-5-15)36-18-9-7-17(8-10-18)30-21(32)12-13-22(33)34/h1-11,14,23H,12-13H2,(H,30,32)(H,31,35)(H,33,34). The van der Waals surface area contributed by atoms with Crippen molar-refractivity contribution in [1.29, 1.82) is 0 Å². The molecule has 3 rings (SSSR count). The number of carboxylic acid groups (broad SMARTS) is 1. The van der Waals surface area contributed by atoms with Crippen molar-refractivity contribution < 1.29 is 32.7 Å². The fourth-order valence-electron chi connectivity index (χ4n) is 3.16. The fraction of sp³-hybridized carbons (Fsp3) is 0.160. The van der Waals surface area contributed by atoms with Crippen molar-refractivity contribution in [3.8, 4) is 0 Å². The normalized spacial score (nSPS) is 12.0. The van der Waals surface area contributed by atoms with E-state index in [9.17, 15) is 27.6 Å². The maximum absolute atomic E-state index is 13.5. The molecule has 0 bridgehead atoms. The fourth-order valence-corrected chi connectivity index (χ4v) is 4.35. The van der Waals surface area contributed by atoms with Crippen LogP contribution in [0.3, 0.4) is 0 Å². The number of thioether (sulfide) groups is 1. The second-order valence-corrected chi connectivity index (χ2v) is 9.17. The lowest BCUT2D eigenvalue weighted by Crippen LogP contribution is -2.21. The van der Waals surface area contributed by atoms with Gasteiger partial charge in [-0.15, -0.1) is 11.8 Å². The van der Waals surface area contributed by atoms with Crippen LogP contribution in [0.2, 0.25) is 5.02 Å². The molecule has 0 saturated carbocycles. The number of amides is 2. The Bertz CT molecular complexity index is 1240. The highest BCUT2D eigenvalue weighted by atomic mass is 35.5. The number of hydrogen-bond donors (Lipinski definition) is 3. The Morgan fingerprint density at radius 1 is 0.917 bits per heavy atom. The lowest BCUT2D eigenvalue weighted by Gasteiger charge is -2.19. The molecule has 3 N–H and O–H groups in total. The summed E-state index contributed by atoms with van der Waals surface area (Å²) in [6.45, 7) is 0. The summed E-state index contributed by atoms with van der Waals surface area (Å²) >= 11 is 6.85. The predicted molar refractivity (Wildman–Crippen MR) is 132 cm³/mol. The van der Waals surface area contributed by atoms with Gasteiger partial charge in [-0.05, 0) is 48.0 Å². The van der Waals surface area contributed by atoms with E-state index in [2.05, 4.69) is 10.6 Å². The van der Waals surface area contributed by atoms with Crippen LogP contribution in [0.15, 0.2) is 77.7 Å². The van der Waals surface area contributed by atoms with Gasteiger partial charge in [0.25, 0.3) is 0 Å². The van der Waals surface area contributed by atoms with Crippen LogP contribution < -0.4 is 10.6 Å². The molecule has 0 fully saturated rings. The van der Waals surface area contributed by atoms with Gasteiger partial charge in [-0.1, -0.05) is 41.9 Å². The van der Waals surface area contributed by atoms with Gasteiger partial charge < -0.3 is 15.7 Å². The molecule has 36 heavy (non-hydrogen) atoms. The zero-order valence-electron chi connectivity index (χ0n) is 18.5. The Morgan fingerprint density at radius 3 is 2.19 bits per heavy atom. The average molecular weight is 537 g/mol. The molecule has 0 aliphatic rings. The molecule has 1 unspecified atom stereocenters. The van der Waals surface area contributed by atoms with Crippen molar-refractivity contribution in [3.05, 3.63) is 88.9 Å². The monoisotopic (exact) mass is 536 g/mol. The van der Waals surface area contributed by atoms with Crippen molar-refractivity contribution in [2.24, 2.45) is 0 Å². The smallest absolute Gasteiger partial charge is 0.418 e. The van der Waals surface area contributed by atoms with Crippen molar-refractivity contribution in [2.75, 3.05) is 10.6 Å². The van der Waals surface area contributed by atoms with E-state index < -0.39 is 40.5 Å². The maximum atomic E-state index is 13.5. The van der Waals surface area contributed by atoms with Crippen LogP contribution in [-0.2, 0) is 20.6 Å². The summed E-state index contributed by atoms with van der Waals surface area (Å²) in [5.74, 6) is -2.20. The average Bonchev–Trinajstić information content (AvgIpc) is 2.83. The molecule has 2 amide bonds. The number of rotatable bonds is 9. The van der Waals surface area contributed by atoms with Gasteiger partial charge in [0.2, 0.25) is 11.8 Å². The minimum Gasteiger partial charge on any atom is -0.481 e. The number of carboxylic acids is 1. The molecule has 188 valence electrons.